The van der Waals surface area contributed by atoms with E-state index in [0.29, 0.717) is 0 Å². The fourth-order valence-corrected chi connectivity index (χ4v) is 50.2. The molecule has 0 radical (unpaired) electrons. The molecule has 0 amide bonds. The molecule has 0 spiro atoms. The van der Waals surface area contributed by atoms with Gasteiger partial charge in [-0.15, -0.1) is 0 Å². The fourth-order valence-electron chi connectivity index (χ4n) is 7.24. The molecule has 0 saturated heterocycles. The molecular weight excluding hydrogens is 604 g/mol. The van der Waals surface area contributed by atoms with Gasteiger partial charge in [-0.2, -0.15) is 0 Å². The Bertz CT molecular complexity index is 1620. The second-order valence-electron chi connectivity index (χ2n) is 11.0. The Hall–Kier alpha value is -2.96. The molecule has 0 saturated carbocycles. The van der Waals surface area contributed by atoms with E-state index in [0.717, 1.165) is 0 Å². The fraction of sp³-hybridized carbons (Fsp3) is 0.100. The summed E-state index contributed by atoms with van der Waals surface area (Å²) in [5, 5.41) is 9.27. The molecule has 0 bridgehead atoms. The van der Waals surface area contributed by atoms with Crippen molar-refractivity contribution in [3.8, 4) is 11.1 Å². The van der Waals surface area contributed by atoms with Crippen LogP contribution in [0.15, 0.2) is 170 Å². The number of rotatable bonds is 6. The van der Waals surface area contributed by atoms with Gasteiger partial charge in [0.15, 0.2) is 0 Å². The van der Waals surface area contributed by atoms with E-state index in [9.17, 15) is 0 Å². The lowest BCUT2D eigenvalue weighted by Gasteiger charge is -2.44. The highest BCUT2D eigenvalue weighted by Crippen LogP contribution is 3.06. The van der Waals surface area contributed by atoms with E-state index in [1.807, 2.05) is 0 Å². The Labute approximate surface area is 266 Å². The summed E-state index contributed by atoms with van der Waals surface area (Å²) >= 11 is 0. The lowest BCUT2D eigenvalue weighted by molar-refractivity contribution is 1.51. The number of hydrogen-bond acceptors (Lipinski definition) is 0. The second kappa shape index (κ2) is 12.8. The van der Waals surface area contributed by atoms with Crippen LogP contribution < -0.4 is 31.8 Å². The van der Waals surface area contributed by atoms with Gasteiger partial charge in [0.05, 0.1) is 0 Å². The van der Waals surface area contributed by atoms with Crippen molar-refractivity contribution < 1.29 is 0 Å². The number of hydrogen-bond donors (Lipinski definition) is 0. The SMILES string of the molecule is CCP1P(CC)[P+](c2ccccc2)(c2ccccc2)c2ccccc2-c2ccccc2[P+]1(c1ccccc1)c1ccccc1. The molecule has 0 N–H and O–H groups in total. The highest BCUT2D eigenvalue weighted by molar-refractivity contribution is 8.87. The lowest BCUT2D eigenvalue weighted by Crippen LogP contribution is -2.37. The van der Waals surface area contributed by atoms with E-state index in [1.54, 1.807) is 10.6 Å². The van der Waals surface area contributed by atoms with Crippen LogP contribution in [0.5, 0.6) is 0 Å². The zero-order valence-corrected chi connectivity index (χ0v) is 28.9. The maximum atomic E-state index is 2.51. The summed E-state index contributed by atoms with van der Waals surface area (Å²) < 4.78 is 0. The summed E-state index contributed by atoms with van der Waals surface area (Å²) in [6.45, 7) is 0.836. The first kappa shape index (κ1) is 29.7. The molecule has 7 rings (SSSR count). The van der Waals surface area contributed by atoms with E-state index in [-0.39, 0.29) is 0 Å². The Morgan fingerprint density at radius 2 is 0.591 bits per heavy atom. The Morgan fingerprint density at radius 1 is 0.341 bits per heavy atom. The summed E-state index contributed by atoms with van der Waals surface area (Å²) in [7, 11) is -0.996. The van der Waals surface area contributed by atoms with Crippen LogP contribution in [0.3, 0.4) is 0 Å². The average molecular weight is 643 g/mol. The van der Waals surface area contributed by atoms with Crippen molar-refractivity contribution >= 4 is 60.3 Å². The molecule has 6 aromatic rings. The van der Waals surface area contributed by atoms with Gasteiger partial charge in [0, 0.05) is 23.5 Å². The molecule has 6 aromatic carbocycles. The largest absolute Gasteiger partial charge is 0.138 e. The summed E-state index contributed by atoms with van der Waals surface area (Å²) in [5.74, 6) is 0. The zero-order valence-electron chi connectivity index (χ0n) is 25.4. The molecule has 0 fully saturated rings. The van der Waals surface area contributed by atoms with Crippen molar-refractivity contribution in [3.63, 3.8) is 0 Å². The Balaban J connectivity index is 1.75. The van der Waals surface area contributed by atoms with Gasteiger partial charge in [0.2, 0.25) is 0 Å². The first-order valence-corrected chi connectivity index (χ1v) is 24.3. The van der Waals surface area contributed by atoms with Crippen LogP contribution in [-0.4, -0.2) is 12.3 Å². The summed E-state index contributed by atoms with van der Waals surface area (Å²) in [6, 6.07) is 65.7. The summed E-state index contributed by atoms with van der Waals surface area (Å²) in [5.41, 5.74) is 2.85. The van der Waals surface area contributed by atoms with E-state index in [1.165, 1.54) is 44.7 Å². The van der Waals surface area contributed by atoms with Crippen LogP contribution in [0.1, 0.15) is 13.8 Å². The highest BCUT2D eigenvalue weighted by Gasteiger charge is 2.67. The van der Waals surface area contributed by atoms with Crippen molar-refractivity contribution in [2.75, 3.05) is 12.3 Å². The topological polar surface area (TPSA) is 0 Å². The molecule has 1 aliphatic heterocycles. The normalized spacial score (nSPS) is 18.3. The van der Waals surface area contributed by atoms with Crippen LogP contribution in [0.4, 0.5) is 0 Å². The maximum absolute atomic E-state index is 2.51. The third-order valence-corrected chi connectivity index (χ3v) is 41.4. The van der Waals surface area contributed by atoms with Crippen molar-refractivity contribution in [2.45, 2.75) is 13.8 Å². The van der Waals surface area contributed by atoms with Gasteiger partial charge in [-0.1, -0.05) is 123 Å². The quantitative estimate of drug-likeness (QED) is 0.159. The van der Waals surface area contributed by atoms with Gasteiger partial charge in [0.25, 0.3) is 0 Å². The van der Waals surface area contributed by atoms with E-state index in [2.05, 4.69) is 184 Å². The highest BCUT2D eigenvalue weighted by atomic mass is 32.7. The molecule has 0 nitrogen and oxygen atoms in total. The van der Waals surface area contributed by atoms with Crippen LogP contribution in [0, 0.1) is 0 Å². The standard InChI is InChI=1S/C40H38P4/c1-3-41-42(4-2)44(35-25-13-7-14-26-35,36-27-15-8-16-28-36)40-32-20-18-30-38(40)37-29-17-19-31-39(37)43(41,33-21-9-5-10-22-33)34-23-11-6-12-24-34/h5-32H,3-4H2,1-2H3/q+2. The van der Waals surface area contributed by atoms with Crippen LogP contribution in [-0.2, 0) is 0 Å². The molecule has 1 aliphatic rings. The zero-order chi connectivity index (χ0) is 30.0. The third-order valence-electron chi connectivity index (χ3n) is 8.84. The maximum Gasteiger partial charge on any atom is 0.138 e. The van der Waals surface area contributed by atoms with E-state index in [4.69, 9.17) is 0 Å². The molecule has 2 unspecified atom stereocenters. The van der Waals surface area contributed by atoms with Crippen molar-refractivity contribution in [2.24, 2.45) is 0 Å². The van der Waals surface area contributed by atoms with Crippen LogP contribution in [0.25, 0.3) is 11.1 Å². The second-order valence-corrected chi connectivity index (χ2v) is 30.6. The Kier molecular flexibility index (Phi) is 8.65. The lowest BCUT2D eigenvalue weighted by atomic mass is 10.1. The van der Waals surface area contributed by atoms with Crippen molar-refractivity contribution in [1.82, 2.24) is 0 Å². The van der Waals surface area contributed by atoms with Gasteiger partial charge in [0.1, 0.15) is 60.3 Å². The van der Waals surface area contributed by atoms with Crippen molar-refractivity contribution in [1.29, 1.82) is 0 Å². The van der Waals surface area contributed by atoms with Gasteiger partial charge in [-0.05, 0) is 60.7 Å². The van der Waals surface area contributed by atoms with Gasteiger partial charge in [-0.3, -0.25) is 0 Å². The molecule has 44 heavy (non-hydrogen) atoms. The van der Waals surface area contributed by atoms with E-state index < -0.39 is 28.5 Å². The summed E-state index contributed by atoms with van der Waals surface area (Å²) in [4.78, 5) is 0. The Morgan fingerprint density at radius 3 is 0.864 bits per heavy atom. The minimum Gasteiger partial charge on any atom is -0.0620 e. The third kappa shape index (κ3) is 4.58. The molecule has 216 valence electrons. The molecular formula is C40H38P4+2. The van der Waals surface area contributed by atoms with Crippen LogP contribution >= 0.6 is 28.5 Å². The van der Waals surface area contributed by atoms with Crippen LogP contribution in [0.2, 0.25) is 0 Å². The number of benzene rings is 6. The smallest absolute Gasteiger partial charge is 0.0620 e. The molecule has 2 atom stereocenters. The first-order valence-electron chi connectivity index (χ1n) is 15.5. The monoisotopic (exact) mass is 642 g/mol. The molecule has 1 heterocycles. The van der Waals surface area contributed by atoms with E-state index >= 15 is 0 Å². The first-order chi connectivity index (χ1) is 21.8. The van der Waals surface area contributed by atoms with Gasteiger partial charge < -0.3 is 0 Å². The average Bonchev–Trinajstić information content (AvgIpc) is 3.11. The summed E-state index contributed by atoms with van der Waals surface area (Å²) in [6.07, 6.45) is 2.40. The minimum atomic E-state index is -2.09. The van der Waals surface area contributed by atoms with Gasteiger partial charge in [-0.25, -0.2) is 0 Å². The van der Waals surface area contributed by atoms with Gasteiger partial charge >= 0.3 is 0 Å². The molecule has 4 heteroatoms. The predicted octanol–water partition coefficient (Wildman–Crippen LogP) is 9.70. The van der Waals surface area contributed by atoms with Crippen molar-refractivity contribution in [3.05, 3.63) is 170 Å². The minimum absolute atomic E-state index is 0.498. The number of fused-ring (bicyclic) bond motifs is 3. The molecule has 0 aromatic heterocycles. The molecule has 0 aliphatic carbocycles. The predicted molar refractivity (Wildman–Crippen MR) is 204 cm³/mol.